The number of carbonyl (C=O) groups excluding carboxylic acids is 4. The molecule has 0 N–H and O–H groups in total. The van der Waals surface area contributed by atoms with Crippen LogP contribution in [-0.2, 0) is 28.7 Å². The number of ether oxygens (including phenoxy) is 2. The van der Waals surface area contributed by atoms with Gasteiger partial charge in [0.15, 0.2) is 0 Å². The van der Waals surface area contributed by atoms with Crippen LogP contribution in [0, 0.1) is 0 Å². The molecule has 2 heterocycles. The van der Waals surface area contributed by atoms with Crippen molar-refractivity contribution in [2.24, 2.45) is 0 Å². The summed E-state index contributed by atoms with van der Waals surface area (Å²) in [6.07, 6.45) is 9.02. The fourth-order valence-electron chi connectivity index (χ4n) is 2.46. The second-order valence-electron chi connectivity index (χ2n) is 6.10. The Kier molecular flexibility index (Phi) is 6.63. The maximum atomic E-state index is 11.0. The van der Waals surface area contributed by atoms with Gasteiger partial charge in [-0.2, -0.15) is 0 Å². The van der Waals surface area contributed by atoms with Gasteiger partial charge in [-0.1, -0.05) is 72.8 Å². The Morgan fingerprint density at radius 3 is 1.17 bits per heavy atom. The highest BCUT2D eigenvalue weighted by molar-refractivity contribution is 6.11. The van der Waals surface area contributed by atoms with Crippen LogP contribution in [0.15, 0.2) is 96.1 Å². The molecule has 2 aliphatic heterocycles. The Labute approximate surface area is 172 Å². The molecule has 0 fully saturated rings. The summed E-state index contributed by atoms with van der Waals surface area (Å²) in [6, 6.07) is 19.0. The minimum atomic E-state index is -0.604. The van der Waals surface area contributed by atoms with E-state index < -0.39 is 23.9 Å². The van der Waals surface area contributed by atoms with Gasteiger partial charge in [0.1, 0.15) is 0 Å². The van der Waals surface area contributed by atoms with Crippen LogP contribution >= 0.6 is 0 Å². The Hall–Kier alpha value is -4.32. The van der Waals surface area contributed by atoms with Gasteiger partial charge in [0, 0.05) is 12.2 Å². The average molecular weight is 400 g/mol. The molecule has 0 radical (unpaired) electrons. The average Bonchev–Trinajstić information content (AvgIpc) is 3.25. The topological polar surface area (TPSA) is 86.7 Å². The summed E-state index contributed by atoms with van der Waals surface area (Å²) < 4.78 is 8.68. The van der Waals surface area contributed by atoms with Crippen LogP contribution in [0.5, 0.6) is 0 Å². The van der Waals surface area contributed by atoms with Gasteiger partial charge in [-0.15, -0.1) is 0 Å². The largest absolute Gasteiger partial charge is 0.386 e. The molecule has 0 unspecified atom stereocenters. The van der Waals surface area contributed by atoms with E-state index in [2.05, 4.69) is 9.47 Å². The zero-order chi connectivity index (χ0) is 21.3. The zero-order valence-corrected chi connectivity index (χ0v) is 15.7. The third-order valence-corrected chi connectivity index (χ3v) is 3.91. The number of hydrogen-bond acceptors (Lipinski definition) is 6. The first kappa shape index (κ1) is 20.4. The Morgan fingerprint density at radius 2 is 0.867 bits per heavy atom. The van der Waals surface area contributed by atoms with E-state index >= 15 is 0 Å². The molecule has 6 nitrogen and oxygen atoms in total. The molecule has 4 rings (SSSR count). The second kappa shape index (κ2) is 9.75. The lowest BCUT2D eigenvalue weighted by molar-refractivity contribution is -0.152. The van der Waals surface area contributed by atoms with Crippen molar-refractivity contribution in [1.82, 2.24) is 0 Å². The lowest BCUT2D eigenvalue weighted by atomic mass is 10.1. The molecule has 2 aliphatic rings. The summed E-state index contributed by atoms with van der Waals surface area (Å²) in [6.45, 7) is 0. The van der Waals surface area contributed by atoms with Gasteiger partial charge in [0.2, 0.25) is 0 Å². The molecule has 2 aromatic carbocycles. The van der Waals surface area contributed by atoms with Crippen LogP contribution in [-0.4, -0.2) is 23.9 Å². The third-order valence-electron chi connectivity index (χ3n) is 3.91. The van der Waals surface area contributed by atoms with E-state index in [-0.39, 0.29) is 11.1 Å². The standard InChI is InChI=1S/2C12H8O3/c2*13-11-8-10(12(14)15-11)7-6-9-4-2-1-3-5-9/h2*1-8H. The van der Waals surface area contributed by atoms with Crippen molar-refractivity contribution in [3.8, 4) is 0 Å². The molecule has 148 valence electrons. The third kappa shape index (κ3) is 5.84. The van der Waals surface area contributed by atoms with Crippen molar-refractivity contribution in [3.63, 3.8) is 0 Å². The lowest BCUT2D eigenvalue weighted by Gasteiger charge is -1.91. The quantitative estimate of drug-likeness (QED) is 0.577. The Morgan fingerprint density at radius 1 is 0.500 bits per heavy atom. The maximum absolute atomic E-state index is 11.0. The molecule has 2 aromatic rings. The van der Waals surface area contributed by atoms with Crippen molar-refractivity contribution >= 4 is 36.0 Å². The van der Waals surface area contributed by atoms with Crippen LogP contribution in [0.4, 0.5) is 0 Å². The number of cyclic esters (lactones) is 4. The van der Waals surface area contributed by atoms with Crippen LogP contribution in [0.3, 0.4) is 0 Å². The van der Waals surface area contributed by atoms with Gasteiger partial charge in [-0.3, -0.25) is 0 Å². The first-order valence-corrected chi connectivity index (χ1v) is 8.93. The van der Waals surface area contributed by atoms with E-state index in [1.807, 2.05) is 60.7 Å². The van der Waals surface area contributed by atoms with Crippen molar-refractivity contribution in [2.45, 2.75) is 0 Å². The smallest absolute Gasteiger partial charge is 0.346 e. The van der Waals surface area contributed by atoms with E-state index in [9.17, 15) is 19.2 Å². The van der Waals surface area contributed by atoms with E-state index in [1.165, 1.54) is 12.2 Å². The highest BCUT2D eigenvalue weighted by Gasteiger charge is 2.21. The number of esters is 4. The summed E-state index contributed by atoms with van der Waals surface area (Å²) in [4.78, 5) is 43.5. The van der Waals surface area contributed by atoms with Crippen LogP contribution in [0.1, 0.15) is 11.1 Å². The molecule has 0 aromatic heterocycles. The molecule has 0 atom stereocenters. The molecular formula is C24H16O6. The predicted molar refractivity (Wildman–Crippen MR) is 109 cm³/mol. The minimum Gasteiger partial charge on any atom is -0.386 e. The van der Waals surface area contributed by atoms with Gasteiger partial charge in [-0.05, 0) is 23.3 Å². The van der Waals surface area contributed by atoms with Crippen molar-refractivity contribution in [2.75, 3.05) is 0 Å². The SMILES string of the molecule is O=C1C=C(C=Cc2ccccc2)C(=O)O1.O=C1C=C(C=Cc2ccccc2)C(=O)O1. The Bertz CT molecular complexity index is 1000. The molecule has 0 aliphatic carbocycles. The normalized spacial score (nSPS) is 15.6. The first-order chi connectivity index (χ1) is 14.5. The number of carbonyl (C=O) groups is 4. The molecule has 0 bridgehead atoms. The van der Waals surface area contributed by atoms with Crippen LogP contribution in [0.2, 0.25) is 0 Å². The van der Waals surface area contributed by atoms with E-state index in [0.717, 1.165) is 11.1 Å². The van der Waals surface area contributed by atoms with E-state index in [0.29, 0.717) is 0 Å². The zero-order valence-electron chi connectivity index (χ0n) is 15.7. The summed E-state index contributed by atoms with van der Waals surface area (Å²) in [5.41, 5.74) is 2.49. The van der Waals surface area contributed by atoms with Gasteiger partial charge in [-0.25, -0.2) is 19.2 Å². The fraction of sp³-hybridized carbons (Fsp3) is 0. The Balaban J connectivity index is 0.000000171. The molecule has 0 amide bonds. The molecule has 0 saturated carbocycles. The number of benzene rings is 2. The molecule has 6 heteroatoms. The van der Waals surface area contributed by atoms with Gasteiger partial charge in [0.25, 0.3) is 0 Å². The van der Waals surface area contributed by atoms with Crippen molar-refractivity contribution < 1.29 is 28.7 Å². The van der Waals surface area contributed by atoms with E-state index in [1.54, 1.807) is 24.3 Å². The van der Waals surface area contributed by atoms with E-state index in [4.69, 9.17) is 0 Å². The molecular weight excluding hydrogens is 384 g/mol. The summed E-state index contributed by atoms with van der Waals surface area (Å²) >= 11 is 0. The highest BCUT2D eigenvalue weighted by atomic mass is 16.6. The summed E-state index contributed by atoms with van der Waals surface area (Å²) in [7, 11) is 0. The number of rotatable bonds is 4. The van der Waals surface area contributed by atoms with Crippen LogP contribution in [0.25, 0.3) is 12.2 Å². The van der Waals surface area contributed by atoms with Gasteiger partial charge in [0.05, 0.1) is 11.1 Å². The van der Waals surface area contributed by atoms with Gasteiger partial charge < -0.3 is 9.47 Å². The van der Waals surface area contributed by atoms with Gasteiger partial charge >= 0.3 is 23.9 Å². The fourth-order valence-corrected chi connectivity index (χ4v) is 2.46. The monoisotopic (exact) mass is 400 g/mol. The highest BCUT2D eigenvalue weighted by Crippen LogP contribution is 2.13. The summed E-state index contributed by atoms with van der Waals surface area (Å²) in [5, 5.41) is 0. The molecule has 0 spiro atoms. The van der Waals surface area contributed by atoms with Crippen molar-refractivity contribution in [3.05, 3.63) is 107 Å². The maximum Gasteiger partial charge on any atom is 0.346 e. The number of hydrogen-bond donors (Lipinski definition) is 0. The molecule has 30 heavy (non-hydrogen) atoms. The predicted octanol–water partition coefficient (Wildman–Crippen LogP) is 3.42. The lowest BCUT2D eigenvalue weighted by Crippen LogP contribution is -2.00. The molecule has 0 saturated heterocycles. The summed E-state index contributed by atoms with van der Waals surface area (Å²) in [5.74, 6) is -2.39. The van der Waals surface area contributed by atoms with Crippen LogP contribution < -0.4 is 0 Å². The van der Waals surface area contributed by atoms with Crippen molar-refractivity contribution in [1.29, 1.82) is 0 Å². The first-order valence-electron chi connectivity index (χ1n) is 8.93. The minimum absolute atomic E-state index is 0.281. The second-order valence-corrected chi connectivity index (χ2v) is 6.10.